The summed E-state index contributed by atoms with van der Waals surface area (Å²) in [4.78, 5) is 0. The number of ether oxygens (including phenoxy) is 1. The van der Waals surface area contributed by atoms with Crippen molar-refractivity contribution in [2.24, 2.45) is 0 Å². The fourth-order valence-corrected chi connectivity index (χ4v) is 2.06. The van der Waals surface area contributed by atoms with Gasteiger partial charge in [0.25, 0.3) is 0 Å². The number of nitrogens with one attached hydrogen (secondary N) is 1. The number of hydrogen-bond donors (Lipinski definition) is 2. The lowest BCUT2D eigenvalue weighted by Crippen LogP contribution is -2.20. The van der Waals surface area contributed by atoms with E-state index in [0.29, 0.717) is 6.61 Å². The zero-order valence-corrected chi connectivity index (χ0v) is 10.1. The van der Waals surface area contributed by atoms with Gasteiger partial charge in [-0.1, -0.05) is 0 Å². The van der Waals surface area contributed by atoms with Crippen molar-refractivity contribution in [3.05, 3.63) is 24.0 Å². The molecule has 0 aliphatic heterocycles. The van der Waals surface area contributed by atoms with E-state index in [-0.39, 0.29) is 23.8 Å². The minimum absolute atomic E-state index is 0.0436. The molecule has 17 heavy (non-hydrogen) atoms. The van der Waals surface area contributed by atoms with Crippen LogP contribution in [0.2, 0.25) is 0 Å². The predicted octanol–water partition coefficient (Wildman–Crippen LogP) is 1.31. The van der Waals surface area contributed by atoms with Crippen LogP contribution in [-0.2, 0) is 14.8 Å². The Morgan fingerprint density at radius 2 is 2.18 bits per heavy atom. The third kappa shape index (κ3) is 4.58. The second-order valence-electron chi connectivity index (χ2n) is 3.28. The van der Waals surface area contributed by atoms with Gasteiger partial charge in [0, 0.05) is 12.7 Å². The first-order chi connectivity index (χ1) is 7.94. The molecule has 0 radical (unpaired) electrons. The quantitative estimate of drug-likeness (QED) is 0.599. The minimum Gasteiger partial charge on any atom is -0.506 e. The highest BCUT2D eigenvalue weighted by atomic mass is 32.2. The summed E-state index contributed by atoms with van der Waals surface area (Å²) in [6.45, 7) is 2.21. The molecular weight excluding hydrogens is 249 g/mol. The first kappa shape index (κ1) is 13.7. The van der Waals surface area contributed by atoms with Gasteiger partial charge in [-0.15, -0.1) is 0 Å². The lowest BCUT2D eigenvalue weighted by atomic mass is 10.3. The van der Waals surface area contributed by atoms with Crippen molar-refractivity contribution in [2.45, 2.75) is 6.92 Å². The van der Waals surface area contributed by atoms with Crippen LogP contribution in [-0.4, -0.2) is 32.5 Å². The summed E-state index contributed by atoms with van der Waals surface area (Å²) >= 11 is 0. The SMILES string of the molecule is CCOCCS(=O)(=O)Nc1cc(F)ccc1O. The second-order valence-corrected chi connectivity index (χ2v) is 5.12. The topological polar surface area (TPSA) is 75.6 Å². The molecule has 7 heteroatoms. The zero-order valence-electron chi connectivity index (χ0n) is 9.31. The van der Waals surface area contributed by atoms with E-state index in [4.69, 9.17) is 4.74 Å². The van der Waals surface area contributed by atoms with Crippen molar-refractivity contribution < 1.29 is 22.7 Å². The van der Waals surface area contributed by atoms with Crippen molar-refractivity contribution in [2.75, 3.05) is 23.7 Å². The average molecular weight is 263 g/mol. The van der Waals surface area contributed by atoms with Crippen molar-refractivity contribution in [1.82, 2.24) is 0 Å². The van der Waals surface area contributed by atoms with Gasteiger partial charge in [0.05, 0.1) is 18.0 Å². The molecule has 5 nitrogen and oxygen atoms in total. The molecule has 1 rings (SSSR count). The Bertz CT molecular complexity index is 475. The molecule has 0 aliphatic carbocycles. The van der Waals surface area contributed by atoms with E-state index in [1.165, 1.54) is 0 Å². The molecule has 0 aliphatic rings. The van der Waals surface area contributed by atoms with Crippen LogP contribution in [0.5, 0.6) is 5.75 Å². The van der Waals surface area contributed by atoms with E-state index >= 15 is 0 Å². The van der Waals surface area contributed by atoms with Gasteiger partial charge in [0.2, 0.25) is 10.0 Å². The molecule has 1 aromatic carbocycles. The zero-order chi connectivity index (χ0) is 12.9. The van der Waals surface area contributed by atoms with Gasteiger partial charge in [0.1, 0.15) is 11.6 Å². The Labute approximate surface area is 99.3 Å². The number of halogens is 1. The van der Waals surface area contributed by atoms with Crippen molar-refractivity contribution >= 4 is 15.7 Å². The maximum absolute atomic E-state index is 12.9. The summed E-state index contributed by atoms with van der Waals surface area (Å²) in [5, 5.41) is 9.35. The molecule has 0 saturated heterocycles. The Morgan fingerprint density at radius 1 is 1.47 bits per heavy atom. The van der Waals surface area contributed by atoms with Crippen LogP contribution in [0.3, 0.4) is 0 Å². The number of hydrogen-bond acceptors (Lipinski definition) is 4. The van der Waals surface area contributed by atoms with E-state index in [9.17, 15) is 17.9 Å². The Morgan fingerprint density at radius 3 is 2.82 bits per heavy atom. The molecule has 0 heterocycles. The smallest absolute Gasteiger partial charge is 0.235 e. The van der Waals surface area contributed by atoms with Gasteiger partial charge in [0.15, 0.2) is 0 Å². The van der Waals surface area contributed by atoms with Gasteiger partial charge < -0.3 is 9.84 Å². The Kier molecular flexibility index (Phi) is 4.71. The van der Waals surface area contributed by atoms with Gasteiger partial charge in [-0.05, 0) is 19.1 Å². The standard InChI is InChI=1S/C10H14FNO4S/c1-2-16-5-6-17(14,15)12-9-7-8(11)3-4-10(9)13/h3-4,7,12-13H,2,5-6H2,1H3. The highest BCUT2D eigenvalue weighted by Crippen LogP contribution is 2.24. The summed E-state index contributed by atoms with van der Waals surface area (Å²) < 4.78 is 42.9. The van der Waals surface area contributed by atoms with Gasteiger partial charge in [-0.25, -0.2) is 12.8 Å². The summed E-state index contributed by atoms with van der Waals surface area (Å²) in [5.74, 6) is -1.21. The number of rotatable bonds is 6. The number of sulfonamides is 1. The molecule has 0 saturated carbocycles. The molecule has 0 spiro atoms. The van der Waals surface area contributed by atoms with Crippen LogP contribution in [0.15, 0.2) is 18.2 Å². The van der Waals surface area contributed by atoms with Crippen molar-refractivity contribution in [3.63, 3.8) is 0 Å². The maximum atomic E-state index is 12.9. The van der Waals surface area contributed by atoms with Crippen LogP contribution >= 0.6 is 0 Å². The van der Waals surface area contributed by atoms with E-state index < -0.39 is 15.8 Å². The molecule has 0 fully saturated rings. The number of phenols is 1. The molecule has 1 aromatic rings. The van der Waals surface area contributed by atoms with Crippen LogP contribution in [0.25, 0.3) is 0 Å². The lowest BCUT2D eigenvalue weighted by molar-refractivity contribution is 0.163. The number of aromatic hydroxyl groups is 1. The number of benzene rings is 1. The van der Waals surface area contributed by atoms with E-state index in [1.807, 2.05) is 0 Å². The van der Waals surface area contributed by atoms with E-state index in [0.717, 1.165) is 18.2 Å². The highest BCUT2D eigenvalue weighted by molar-refractivity contribution is 7.92. The molecule has 0 bridgehead atoms. The average Bonchev–Trinajstić information content (AvgIpc) is 2.23. The highest BCUT2D eigenvalue weighted by Gasteiger charge is 2.13. The van der Waals surface area contributed by atoms with E-state index in [2.05, 4.69) is 4.72 Å². The predicted molar refractivity (Wildman–Crippen MR) is 62.0 cm³/mol. The molecule has 0 atom stereocenters. The fourth-order valence-electron chi connectivity index (χ4n) is 1.12. The first-order valence-electron chi connectivity index (χ1n) is 5.01. The van der Waals surface area contributed by atoms with Crippen LogP contribution < -0.4 is 4.72 Å². The summed E-state index contributed by atoms with van der Waals surface area (Å²) in [6.07, 6.45) is 0. The fraction of sp³-hybridized carbons (Fsp3) is 0.400. The number of anilines is 1. The molecule has 0 unspecified atom stereocenters. The molecule has 0 aromatic heterocycles. The lowest BCUT2D eigenvalue weighted by Gasteiger charge is -2.09. The first-order valence-corrected chi connectivity index (χ1v) is 6.66. The molecule has 96 valence electrons. The van der Waals surface area contributed by atoms with Crippen molar-refractivity contribution in [1.29, 1.82) is 0 Å². The van der Waals surface area contributed by atoms with Gasteiger partial charge >= 0.3 is 0 Å². The summed E-state index contributed by atoms with van der Waals surface area (Å²) in [7, 11) is -3.65. The van der Waals surface area contributed by atoms with Gasteiger partial charge in [-0.2, -0.15) is 0 Å². The van der Waals surface area contributed by atoms with Crippen molar-refractivity contribution in [3.8, 4) is 5.75 Å². The normalized spacial score (nSPS) is 11.4. The molecular formula is C10H14FNO4S. The summed E-state index contributed by atoms with van der Waals surface area (Å²) in [5.41, 5.74) is -0.179. The monoisotopic (exact) mass is 263 g/mol. The van der Waals surface area contributed by atoms with Crippen LogP contribution in [0, 0.1) is 5.82 Å². The van der Waals surface area contributed by atoms with Crippen LogP contribution in [0.1, 0.15) is 6.92 Å². The molecule has 0 amide bonds. The maximum Gasteiger partial charge on any atom is 0.235 e. The Balaban J connectivity index is 2.72. The largest absolute Gasteiger partial charge is 0.506 e. The summed E-state index contributed by atoms with van der Waals surface area (Å²) in [6, 6.07) is 3.02. The second kappa shape index (κ2) is 5.83. The van der Waals surface area contributed by atoms with Crippen LogP contribution in [0.4, 0.5) is 10.1 Å². The third-order valence-electron chi connectivity index (χ3n) is 1.92. The van der Waals surface area contributed by atoms with Gasteiger partial charge in [-0.3, -0.25) is 4.72 Å². The van der Waals surface area contributed by atoms with E-state index in [1.54, 1.807) is 6.92 Å². The third-order valence-corrected chi connectivity index (χ3v) is 3.16. The number of phenolic OH excluding ortho intramolecular Hbond substituents is 1. The minimum atomic E-state index is -3.65. The molecule has 2 N–H and O–H groups in total. The Hall–Kier alpha value is -1.34.